The molecule has 3 atom stereocenters. The van der Waals surface area contributed by atoms with Crippen molar-refractivity contribution in [3.8, 4) is 0 Å². The van der Waals surface area contributed by atoms with Crippen molar-refractivity contribution in [3.05, 3.63) is 73.9 Å². The molecule has 0 aromatic carbocycles. The third-order valence-corrected chi connectivity index (χ3v) is 21.2. The zero-order chi connectivity index (χ0) is 59.6. The molecule has 0 spiro atoms. The minimum atomic E-state index is -0.281. The third kappa shape index (κ3) is 17.9. The van der Waals surface area contributed by atoms with Gasteiger partial charge in [-0.3, -0.25) is 0 Å². The lowest BCUT2D eigenvalue weighted by atomic mass is 9.54. The lowest BCUT2D eigenvalue weighted by Gasteiger charge is -2.55. The summed E-state index contributed by atoms with van der Waals surface area (Å²) in [6.45, 7) is 28.2. The molecule has 0 amide bonds. The summed E-state index contributed by atoms with van der Waals surface area (Å²) < 4.78 is 32.9. The second kappa shape index (κ2) is 28.6. The highest BCUT2D eigenvalue weighted by Gasteiger charge is 2.55. The number of carbonyl (C=O) groups excluding carboxylic acids is 6. The number of fused-ring (bicyclic) bond motifs is 2. The second-order valence-corrected chi connectivity index (χ2v) is 29.0. The van der Waals surface area contributed by atoms with Gasteiger partial charge in [0.05, 0.1) is 0 Å². The SMILES string of the molecule is C=C(C)C(=O)OC12CC3CC(CC(C3)C1)C2.C=C(C)C(=O)OC12CC3CC(CC(C3)C1)C2.C=C(C)C(=O)OC1CC2CCC1C2.C=C(C)C(=O)OC1CCCCC1.C=CC(=O)OC12CC3CC(CC(C3)C1)C2.C=CC(=O)OC1CCCCC1. The molecule has 460 valence electrons. The van der Waals surface area contributed by atoms with E-state index in [9.17, 15) is 28.8 Å². The molecule has 16 aliphatic rings. The topological polar surface area (TPSA) is 158 Å². The molecule has 16 rings (SSSR count). The third-order valence-electron chi connectivity index (χ3n) is 21.2. The monoisotopic (exact) mass is 1150 g/mol. The number of esters is 6. The average Bonchev–Trinajstić information content (AvgIpc) is 2.84. The Bertz CT molecular complexity index is 2220. The molecule has 0 heterocycles. The lowest BCUT2D eigenvalue weighted by Crippen LogP contribution is -2.52. The van der Waals surface area contributed by atoms with Gasteiger partial charge in [-0.1, -0.05) is 52.3 Å². The summed E-state index contributed by atoms with van der Waals surface area (Å²) in [5, 5.41) is 0. The first-order valence-corrected chi connectivity index (χ1v) is 32.7. The Hall–Kier alpha value is -4.74. The highest BCUT2D eigenvalue weighted by molar-refractivity contribution is 5.88. The average molecular weight is 1150 g/mol. The molecule has 12 nitrogen and oxygen atoms in total. The number of ether oxygens (including phenoxy) is 6. The zero-order valence-electron chi connectivity index (χ0n) is 51.5. The summed E-state index contributed by atoms with van der Waals surface area (Å²) in [5.74, 6) is 7.59. The molecule has 16 saturated carbocycles. The van der Waals surface area contributed by atoms with Crippen molar-refractivity contribution in [2.45, 2.75) is 268 Å². The largest absolute Gasteiger partial charge is 0.459 e. The van der Waals surface area contributed by atoms with E-state index >= 15 is 0 Å². The molecule has 0 saturated heterocycles. The van der Waals surface area contributed by atoms with E-state index in [1.165, 1.54) is 128 Å². The first kappa shape index (κ1) is 64.3. The molecule has 83 heavy (non-hydrogen) atoms. The molecule has 16 fully saturated rings. The fourth-order valence-corrected chi connectivity index (χ4v) is 18.7. The molecule has 0 aliphatic heterocycles. The zero-order valence-corrected chi connectivity index (χ0v) is 51.5. The van der Waals surface area contributed by atoms with E-state index in [0.717, 1.165) is 149 Å². The van der Waals surface area contributed by atoms with E-state index in [2.05, 4.69) is 39.5 Å². The van der Waals surface area contributed by atoms with Crippen LogP contribution in [0.25, 0.3) is 0 Å². The Balaban J connectivity index is 0.000000131. The van der Waals surface area contributed by atoms with Crippen molar-refractivity contribution in [3.63, 3.8) is 0 Å². The lowest BCUT2D eigenvalue weighted by molar-refractivity contribution is -0.183. The van der Waals surface area contributed by atoms with Gasteiger partial charge in [0.2, 0.25) is 0 Å². The summed E-state index contributed by atoms with van der Waals surface area (Å²) in [5.41, 5.74) is 1.78. The van der Waals surface area contributed by atoms with E-state index in [-0.39, 0.29) is 70.9 Å². The smallest absolute Gasteiger partial charge is 0.333 e. The maximum atomic E-state index is 11.7. The van der Waals surface area contributed by atoms with Crippen LogP contribution in [0.5, 0.6) is 0 Å². The summed E-state index contributed by atoms with van der Waals surface area (Å²) in [4.78, 5) is 67.8. The van der Waals surface area contributed by atoms with E-state index in [4.69, 9.17) is 28.4 Å². The van der Waals surface area contributed by atoms with Gasteiger partial charge in [-0.25, -0.2) is 28.8 Å². The van der Waals surface area contributed by atoms with E-state index < -0.39 is 0 Å². The molecule has 14 bridgehead atoms. The van der Waals surface area contributed by atoms with Gasteiger partial charge >= 0.3 is 35.8 Å². The Morgan fingerprint density at radius 2 is 0.651 bits per heavy atom. The minimum Gasteiger partial charge on any atom is -0.459 e. The minimum absolute atomic E-state index is 0.0972. The first-order valence-electron chi connectivity index (χ1n) is 32.7. The normalized spacial score (nSPS) is 36.5. The summed E-state index contributed by atoms with van der Waals surface area (Å²) in [7, 11) is 0. The number of hydrogen-bond acceptors (Lipinski definition) is 12. The van der Waals surface area contributed by atoms with Crippen molar-refractivity contribution in [1.29, 1.82) is 0 Å². The molecular weight excluding hydrogens is 1040 g/mol. The van der Waals surface area contributed by atoms with Gasteiger partial charge in [0, 0.05) is 34.4 Å². The molecule has 0 aromatic heterocycles. The first-order chi connectivity index (χ1) is 39.5. The fourth-order valence-electron chi connectivity index (χ4n) is 18.7. The summed E-state index contributed by atoms with van der Waals surface area (Å²) in [6.07, 6.45) is 41.8. The van der Waals surface area contributed by atoms with Crippen molar-refractivity contribution in [1.82, 2.24) is 0 Å². The Kier molecular flexibility index (Phi) is 22.2. The van der Waals surface area contributed by atoms with Gasteiger partial charge in [0.25, 0.3) is 0 Å². The quantitative estimate of drug-likeness (QED) is 0.104. The molecule has 3 unspecified atom stereocenters. The predicted octanol–water partition coefficient (Wildman–Crippen LogP) is 15.6. The Morgan fingerprint density at radius 3 is 0.940 bits per heavy atom. The maximum Gasteiger partial charge on any atom is 0.333 e. The van der Waals surface area contributed by atoms with E-state index in [1.807, 2.05) is 0 Å². The standard InChI is InChI=1S/2C14H20O2.C13H18O2.C11H16O2.C10H16O2.C9H14O2/c2*1-9(2)13(15)16-14-6-10-3-11(7-14)5-12(4-10)8-14;1-2-12(14)15-13-6-9-3-10(7-13)5-11(4-9)8-13;1-7(2)11(12)13-10-6-8-3-4-9(10)5-8;1-8(2)10(11)12-9-6-4-3-5-7-9;1-2-9(10)11-8-6-4-3-5-7-8/h2*10-12H,1,3-8H2,2H3;2,9-11H,1,3-8H2;8-10H,1,3-6H2,2H3;9H,1,3-7H2,2H3;2,8H,1,3-7H2. The number of carbonyl (C=O) groups is 6. The molecule has 12 heteroatoms. The molecule has 16 aliphatic carbocycles. The number of rotatable bonds is 12. The van der Waals surface area contributed by atoms with Crippen LogP contribution in [-0.4, -0.2) is 70.9 Å². The van der Waals surface area contributed by atoms with E-state index in [1.54, 1.807) is 27.7 Å². The number of hydrogen-bond donors (Lipinski definition) is 0. The van der Waals surface area contributed by atoms with Crippen LogP contribution in [0.2, 0.25) is 0 Å². The van der Waals surface area contributed by atoms with E-state index in [0.29, 0.717) is 28.2 Å². The van der Waals surface area contributed by atoms with Gasteiger partial charge in [-0.05, 0) is 285 Å². The van der Waals surface area contributed by atoms with Crippen LogP contribution in [0.15, 0.2) is 73.9 Å². The van der Waals surface area contributed by atoms with Crippen molar-refractivity contribution in [2.24, 2.45) is 65.1 Å². The summed E-state index contributed by atoms with van der Waals surface area (Å²) in [6, 6.07) is 0. The molecule has 0 N–H and O–H groups in total. The van der Waals surface area contributed by atoms with Crippen LogP contribution in [0.1, 0.15) is 233 Å². The van der Waals surface area contributed by atoms with Gasteiger partial charge in [0.15, 0.2) is 0 Å². The highest BCUT2D eigenvalue weighted by Crippen LogP contribution is 2.60. The van der Waals surface area contributed by atoms with Crippen LogP contribution in [0.4, 0.5) is 0 Å². The highest BCUT2D eigenvalue weighted by atomic mass is 16.6. The Labute approximate surface area is 498 Å². The van der Waals surface area contributed by atoms with Crippen LogP contribution < -0.4 is 0 Å². The summed E-state index contributed by atoms with van der Waals surface area (Å²) >= 11 is 0. The van der Waals surface area contributed by atoms with Gasteiger partial charge in [-0.2, -0.15) is 0 Å². The molecular formula is C71H104O12. The van der Waals surface area contributed by atoms with Gasteiger partial charge in [0.1, 0.15) is 35.1 Å². The van der Waals surface area contributed by atoms with Crippen LogP contribution >= 0.6 is 0 Å². The predicted molar refractivity (Wildman–Crippen MR) is 322 cm³/mol. The molecule has 0 aromatic rings. The van der Waals surface area contributed by atoms with Crippen LogP contribution in [0.3, 0.4) is 0 Å². The van der Waals surface area contributed by atoms with Gasteiger partial charge in [-0.15, -0.1) is 0 Å². The van der Waals surface area contributed by atoms with Crippen molar-refractivity contribution >= 4 is 35.8 Å². The van der Waals surface area contributed by atoms with Crippen LogP contribution in [-0.2, 0) is 57.2 Å². The second-order valence-electron chi connectivity index (χ2n) is 29.0. The van der Waals surface area contributed by atoms with Crippen molar-refractivity contribution < 1.29 is 57.2 Å². The van der Waals surface area contributed by atoms with Crippen LogP contribution in [0, 0.1) is 65.1 Å². The van der Waals surface area contributed by atoms with Crippen molar-refractivity contribution in [2.75, 3.05) is 0 Å². The maximum absolute atomic E-state index is 11.7. The molecule has 0 radical (unpaired) electrons. The fraction of sp³-hybridized carbons (Fsp3) is 0.746. The Morgan fingerprint density at radius 1 is 0.337 bits per heavy atom. The van der Waals surface area contributed by atoms with Gasteiger partial charge < -0.3 is 28.4 Å².